The Bertz CT molecular complexity index is 257. The molecule has 70 valence electrons. The Morgan fingerprint density at radius 1 is 1.67 bits per heavy atom. The summed E-state index contributed by atoms with van der Waals surface area (Å²) < 4.78 is 32.7. The maximum Gasteiger partial charge on any atom is 0.331 e. The van der Waals surface area contributed by atoms with Gasteiger partial charge in [-0.25, -0.2) is 4.79 Å². The molecular weight excluding hydrogens is 186 g/mol. The fourth-order valence-corrected chi connectivity index (χ4v) is 0.693. The first kappa shape index (κ1) is 11.1. The molecule has 0 bridgehead atoms. The van der Waals surface area contributed by atoms with E-state index in [-0.39, 0.29) is 6.73 Å². The van der Waals surface area contributed by atoms with Gasteiger partial charge in [-0.05, 0) is 0 Å². The van der Waals surface area contributed by atoms with Crippen molar-refractivity contribution in [2.45, 2.75) is 0 Å². The van der Waals surface area contributed by atoms with Crippen LogP contribution in [0.4, 0.5) is 0 Å². The molecule has 0 heterocycles. The molecule has 7 heteroatoms. The summed E-state index contributed by atoms with van der Waals surface area (Å²) in [7, 11) is -4.06. The highest BCUT2D eigenvalue weighted by molar-refractivity contribution is 7.85. The van der Waals surface area contributed by atoms with Gasteiger partial charge in [0.1, 0.15) is 12.6 Å². The van der Waals surface area contributed by atoms with Gasteiger partial charge in [0.05, 0.1) is 0 Å². The van der Waals surface area contributed by atoms with Crippen molar-refractivity contribution < 1.29 is 22.5 Å². The molecule has 0 saturated heterocycles. The van der Waals surface area contributed by atoms with Gasteiger partial charge in [0, 0.05) is 6.08 Å². The zero-order chi connectivity index (χ0) is 9.61. The quantitative estimate of drug-likeness (QED) is 0.194. The Balaban J connectivity index is 3.47. The fourth-order valence-electron chi connectivity index (χ4n) is 0.352. The van der Waals surface area contributed by atoms with E-state index < -0.39 is 22.0 Å². The molecule has 0 unspecified atom stereocenters. The van der Waals surface area contributed by atoms with Crippen molar-refractivity contribution in [1.82, 2.24) is 5.32 Å². The third-order valence-corrected chi connectivity index (χ3v) is 1.34. The molecule has 6 nitrogen and oxygen atoms in total. The van der Waals surface area contributed by atoms with Gasteiger partial charge in [0.2, 0.25) is 0 Å². The van der Waals surface area contributed by atoms with Gasteiger partial charge in [-0.2, -0.15) is 8.42 Å². The Morgan fingerprint density at radius 3 is 2.67 bits per heavy atom. The molecule has 0 aliphatic rings. The topological polar surface area (TPSA) is 92.7 Å². The summed E-state index contributed by atoms with van der Waals surface area (Å²) in [5.74, 6) is -1.32. The molecule has 0 spiro atoms. The Labute approximate surface area is 70.0 Å². The van der Waals surface area contributed by atoms with Gasteiger partial charge in [-0.3, -0.25) is 9.87 Å². The van der Waals surface area contributed by atoms with Crippen LogP contribution in [0.2, 0.25) is 0 Å². The Hall–Kier alpha value is -0.920. The van der Waals surface area contributed by atoms with Crippen LogP contribution in [0.1, 0.15) is 0 Å². The van der Waals surface area contributed by atoms with E-state index in [2.05, 4.69) is 16.6 Å². The molecule has 12 heavy (non-hydrogen) atoms. The molecule has 0 rings (SSSR count). The van der Waals surface area contributed by atoms with Crippen molar-refractivity contribution in [1.29, 1.82) is 0 Å². The Kier molecular flexibility index (Phi) is 4.49. The maximum atomic E-state index is 10.3. The molecule has 0 aromatic carbocycles. The van der Waals surface area contributed by atoms with Gasteiger partial charge < -0.3 is 4.74 Å². The molecule has 2 N–H and O–H groups in total. The number of ether oxygens (including phenoxy) is 1. The first-order valence-corrected chi connectivity index (χ1v) is 4.51. The molecule has 0 aliphatic heterocycles. The van der Waals surface area contributed by atoms with Crippen molar-refractivity contribution in [3.05, 3.63) is 12.7 Å². The maximum absolute atomic E-state index is 10.3. The van der Waals surface area contributed by atoms with Crippen LogP contribution in [0.15, 0.2) is 12.7 Å². The highest BCUT2D eigenvalue weighted by Crippen LogP contribution is 1.79. The highest BCUT2D eigenvalue weighted by Gasteiger charge is 2.02. The standard InChI is InChI=1S/C5H9NO5S/c1-2-5(7)11-3-6-4-12(8,9)10/h2,6H,1,3-4H2,(H,8,9,10). The van der Waals surface area contributed by atoms with E-state index in [0.29, 0.717) is 0 Å². The van der Waals surface area contributed by atoms with E-state index >= 15 is 0 Å². The van der Waals surface area contributed by atoms with Crippen LogP contribution in [-0.4, -0.2) is 31.5 Å². The minimum absolute atomic E-state index is 0.287. The van der Waals surface area contributed by atoms with E-state index in [0.717, 1.165) is 6.08 Å². The summed E-state index contributed by atoms with van der Waals surface area (Å²) in [5, 5.41) is 2.16. The predicted octanol–water partition coefficient (Wildman–Crippen LogP) is -0.892. The summed E-state index contributed by atoms with van der Waals surface area (Å²) in [4.78, 5) is 10.3. The third-order valence-electron chi connectivity index (χ3n) is 0.768. The van der Waals surface area contributed by atoms with E-state index in [4.69, 9.17) is 4.55 Å². The minimum Gasteiger partial charge on any atom is -0.447 e. The van der Waals surface area contributed by atoms with Crippen LogP contribution >= 0.6 is 0 Å². The monoisotopic (exact) mass is 195 g/mol. The summed E-state index contributed by atoms with van der Waals surface area (Å²) >= 11 is 0. The van der Waals surface area contributed by atoms with Gasteiger partial charge in [0.25, 0.3) is 10.1 Å². The molecule has 0 aliphatic carbocycles. The van der Waals surface area contributed by atoms with Crippen LogP contribution in [-0.2, 0) is 19.6 Å². The summed E-state index contributed by atoms with van der Waals surface area (Å²) in [6.07, 6.45) is 0.940. The number of hydrogen-bond acceptors (Lipinski definition) is 5. The van der Waals surface area contributed by atoms with Gasteiger partial charge in [0.15, 0.2) is 0 Å². The van der Waals surface area contributed by atoms with Gasteiger partial charge in [-0.15, -0.1) is 0 Å². The number of hydrogen-bond donors (Lipinski definition) is 2. The van der Waals surface area contributed by atoms with E-state index in [1.54, 1.807) is 0 Å². The van der Waals surface area contributed by atoms with E-state index in [1.165, 1.54) is 0 Å². The molecule has 0 amide bonds. The Morgan fingerprint density at radius 2 is 2.25 bits per heavy atom. The summed E-state index contributed by atoms with van der Waals surface area (Å²) in [6.45, 7) is 2.83. The number of nitrogens with one attached hydrogen (secondary N) is 1. The van der Waals surface area contributed by atoms with Crippen LogP contribution < -0.4 is 5.32 Å². The minimum atomic E-state index is -4.06. The molecule has 0 atom stereocenters. The first-order chi connectivity index (χ1) is 5.45. The van der Waals surface area contributed by atoms with Crippen LogP contribution in [0.5, 0.6) is 0 Å². The van der Waals surface area contributed by atoms with Crippen molar-refractivity contribution >= 4 is 16.1 Å². The largest absolute Gasteiger partial charge is 0.447 e. The lowest BCUT2D eigenvalue weighted by Gasteiger charge is -2.01. The zero-order valence-electron chi connectivity index (χ0n) is 6.19. The first-order valence-electron chi connectivity index (χ1n) is 2.91. The van der Waals surface area contributed by atoms with Crippen LogP contribution in [0.25, 0.3) is 0 Å². The van der Waals surface area contributed by atoms with Crippen molar-refractivity contribution in [2.24, 2.45) is 0 Å². The molecule has 0 saturated carbocycles. The SMILES string of the molecule is C=CC(=O)OCNCS(=O)(=O)O. The van der Waals surface area contributed by atoms with E-state index in [9.17, 15) is 13.2 Å². The normalized spacial score (nSPS) is 10.8. The second-order valence-corrected chi connectivity index (χ2v) is 3.24. The average Bonchev–Trinajstić information content (AvgIpc) is 1.96. The predicted molar refractivity (Wildman–Crippen MR) is 40.7 cm³/mol. The zero-order valence-corrected chi connectivity index (χ0v) is 7.00. The summed E-state index contributed by atoms with van der Waals surface area (Å²) in [6, 6.07) is 0. The molecule has 0 aromatic heterocycles. The van der Waals surface area contributed by atoms with Gasteiger partial charge in [-0.1, -0.05) is 6.58 Å². The molecule has 0 fully saturated rings. The molecule has 0 radical (unpaired) electrons. The summed E-state index contributed by atoms with van der Waals surface area (Å²) in [5.41, 5.74) is 0. The van der Waals surface area contributed by atoms with Crippen LogP contribution in [0.3, 0.4) is 0 Å². The number of rotatable bonds is 5. The molecule has 0 aromatic rings. The van der Waals surface area contributed by atoms with Crippen LogP contribution in [0, 0.1) is 0 Å². The average molecular weight is 195 g/mol. The second kappa shape index (κ2) is 4.86. The van der Waals surface area contributed by atoms with Crippen molar-refractivity contribution in [2.75, 3.05) is 12.6 Å². The molecular formula is C5H9NO5S. The van der Waals surface area contributed by atoms with Crippen molar-refractivity contribution in [3.8, 4) is 0 Å². The van der Waals surface area contributed by atoms with Crippen molar-refractivity contribution in [3.63, 3.8) is 0 Å². The second-order valence-electron chi connectivity index (χ2n) is 1.79. The number of carbonyl (C=O) groups excluding carboxylic acids is 1. The lowest BCUT2D eigenvalue weighted by Crippen LogP contribution is -2.26. The van der Waals surface area contributed by atoms with Gasteiger partial charge >= 0.3 is 5.97 Å². The number of carbonyl (C=O) groups is 1. The third kappa shape index (κ3) is 7.19. The number of esters is 1. The smallest absolute Gasteiger partial charge is 0.331 e. The fraction of sp³-hybridized carbons (Fsp3) is 0.400. The lowest BCUT2D eigenvalue weighted by molar-refractivity contribution is -0.138. The van der Waals surface area contributed by atoms with E-state index in [1.807, 2.05) is 0 Å². The highest BCUT2D eigenvalue weighted by atomic mass is 32.2. The lowest BCUT2D eigenvalue weighted by atomic mass is 10.7.